The lowest BCUT2D eigenvalue weighted by Gasteiger charge is -2.16. The van der Waals surface area contributed by atoms with Crippen molar-refractivity contribution in [3.8, 4) is 0 Å². The number of amides is 1. The Hall–Kier alpha value is -1.93. The number of aliphatic carboxylic acids is 1. The van der Waals surface area contributed by atoms with E-state index in [1.165, 1.54) is 24.3 Å². The fourth-order valence-electron chi connectivity index (χ4n) is 1.73. The number of nitrogens with one attached hydrogen (secondary N) is 1. The summed E-state index contributed by atoms with van der Waals surface area (Å²) in [6.07, 6.45) is 0.302. The van der Waals surface area contributed by atoms with Crippen molar-refractivity contribution in [3.05, 3.63) is 29.8 Å². The van der Waals surface area contributed by atoms with Gasteiger partial charge in [0.15, 0.2) is 0 Å². The molecule has 0 aliphatic carbocycles. The third-order valence-corrected chi connectivity index (χ3v) is 3.68. The largest absolute Gasteiger partial charge is 0.480 e. The van der Waals surface area contributed by atoms with Gasteiger partial charge in [0.1, 0.15) is 6.04 Å². The highest BCUT2D eigenvalue weighted by Gasteiger charge is 2.21. The number of hydrogen-bond acceptors (Lipinski definition) is 4. The number of hydrogen-bond donors (Lipinski definition) is 3. The molecule has 7 nitrogen and oxygen atoms in total. The standard InChI is InChI=1S/C13H18N2O5S/c1-8(2)7-11(13(17)18)15-12(16)9-3-5-10(6-4-9)21(14,19)20/h3-6,8,11H,7H2,1-2H3,(H,15,16)(H,17,18)(H2,14,19,20)/t11-/m1/s1. The van der Waals surface area contributed by atoms with Crippen LogP contribution in [-0.4, -0.2) is 31.4 Å². The number of carboxylic acids is 1. The first-order valence-corrected chi connectivity index (χ1v) is 7.82. The van der Waals surface area contributed by atoms with Crippen LogP contribution in [0.5, 0.6) is 0 Å². The first-order chi connectivity index (χ1) is 9.61. The molecule has 0 aromatic heterocycles. The van der Waals surface area contributed by atoms with Gasteiger partial charge in [-0.15, -0.1) is 0 Å². The van der Waals surface area contributed by atoms with E-state index < -0.39 is 27.9 Å². The smallest absolute Gasteiger partial charge is 0.326 e. The quantitative estimate of drug-likeness (QED) is 0.707. The second kappa shape index (κ2) is 6.68. The van der Waals surface area contributed by atoms with Crippen LogP contribution in [-0.2, 0) is 14.8 Å². The predicted octanol–water partition coefficient (Wildman–Crippen LogP) is 0.563. The Bertz CT molecular complexity index is 622. The minimum absolute atomic E-state index is 0.108. The number of carboxylic acid groups (broad SMARTS) is 1. The van der Waals surface area contributed by atoms with Crippen molar-refractivity contribution in [1.82, 2.24) is 5.32 Å². The van der Waals surface area contributed by atoms with Crippen LogP contribution in [0.2, 0.25) is 0 Å². The normalized spacial score (nSPS) is 13.0. The van der Waals surface area contributed by atoms with E-state index in [9.17, 15) is 18.0 Å². The number of rotatable bonds is 6. The number of nitrogens with two attached hydrogens (primary N) is 1. The summed E-state index contributed by atoms with van der Waals surface area (Å²) in [5, 5.41) is 16.4. The molecule has 0 aliphatic heterocycles. The highest BCUT2D eigenvalue weighted by atomic mass is 32.2. The molecule has 4 N–H and O–H groups in total. The Morgan fingerprint density at radius 1 is 1.24 bits per heavy atom. The molecule has 0 saturated carbocycles. The van der Waals surface area contributed by atoms with Crippen molar-refractivity contribution in [3.63, 3.8) is 0 Å². The molecule has 0 bridgehead atoms. The molecule has 116 valence electrons. The fourth-order valence-corrected chi connectivity index (χ4v) is 2.25. The van der Waals surface area contributed by atoms with Crippen LogP contribution >= 0.6 is 0 Å². The van der Waals surface area contributed by atoms with Crippen molar-refractivity contribution >= 4 is 21.9 Å². The lowest BCUT2D eigenvalue weighted by atomic mass is 10.0. The van der Waals surface area contributed by atoms with E-state index in [0.717, 1.165) is 0 Å². The number of carbonyl (C=O) groups excluding carboxylic acids is 1. The molecule has 1 atom stereocenters. The molecule has 0 aliphatic rings. The van der Waals surface area contributed by atoms with E-state index in [0.29, 0.717) is 6.42 Å². The minimum atomic E-state index is -3.82. The van der Waals surface area contributed by atoms with Crippen LogP contribution in [0.4, 0.5) is 0 Å². The molecule has 21 heavy (non-hydrogen) atoms. The number of benzene rings is 1. The van der Waals surface area contributed by atoms with Gasteiger partial charge in [-0.2, -0.15) is 0 Å². The second-order valence-electron chi connectivity index (χ2n) is 5.06. The molecule has 1 rings (SSSR count). The molecule has 0 spiro atoms. The molecular weight excluding hydrogens is 296 g/mol. The number of carbonyl (C=O) groups is 2. The maximum Gasteiger partial charge on any atom is 0.326 e. The maximum atomic E-state index is 11.9. The fraction of sp³-hybridized carbons (Fsp3) is 0.385. The van der Waals surface area contributed by atoms with Gasteiger partial charge in [-0.3, -0.25) is 4.79 Å². The zero-order valence-electron chi connectivity index (χ0n) is 11.7. The van der Waals surface area contributed by atoms with Gasteiger partial charge in [0.25, 0.3) is 5.91 Å². The molecule has 1 aromatic rings. The Morgan fingerprint density at radius 2 is 1.76 bits per heavy atom. The molecule has 0 saturated heterocycles. The Labute approximate surface area is 123 Å². The predicted molar refractivity (Wildman–Crippen MR) is 76.2 cm³/mol. The number of sulfonamides is 1. The van der Waals surface area contributed by atoms with E-state index in [2.05, 4.69) is 5.32 Å². The van der Waals surface area contributed by atoms with Gasteiger partial charge in [-0.05, 0) is 36.6 Å². The highest BCUT2D eigenvalue weighted by Crippen LogP contribution is 2.10. The molecule has 8 heteroatoms. The van der Waals surface area contributed by atoms with Gasteiger partial charge in [0.05, 0.1) is 4.90 Å². The van der Waals surface area contributed by atoms with E-state index in [4.69, 9.17) is 10.2 Å². The molecular formula is C13H18N2O5S. The number of primary sulfonamides is 1. The topological polar surface area (TPSA) is 127 Å². The molecule has 0 heterocycles. The van der Waals surface area contributed by atoms with Gasteiger partial charge in [0, 0.05) is 5.56 Å². The van der Waals surface area contributed by atoms with Gasteiger partial charge in [-0.1, -0.05) is 13.8 Å². The van der Waals surface area contributed by atoms with Crippen LogP contribution in [0.1, 0.15) is 30.6 Å². The van der Waals surface area contributed by atoms with Crippen LogP contribution in [0.25, 0.3) is 0 Å². The maximum absolute atomic E-state index is 11.9. The summed E-state index contributed by atoms with van der Waals surface area (Å²) < 4.78 is 22.2. The van der Waals surface area contributed by atoms with Crippen molar-refractivity contribution in [2.45, 2.75) is 31.2 Å². The van der Waals surface area contributed by atoms with Gasteiger partial charge < -0.3 is 10.4 Å². The molecule has 0 radical (unpaired) electrons. The summed E-state index contributed by atoms with van der Waals surface area (Å²) in [4.78, 5) is 22.9. The Balaban J connectivity index is 2.86. The molecule has 1 amide bonds. The third kappa shape index (κ3) is 5.16. The van der Waals surface area contributed by atoms with Gasteiger partial charge in [0.2, 0.25) is 10.0 Å². The zero-order valence-corrected chi connectivity index (χ0v) is 12.6. The van der Waals surface area contributed by atoms with Gasteiger partial charge >= 0.3 is 5.97 Å². The summed E-state index contributed by atoms with van der Waals surface area (Å²) in [6.45, 7) is 3.70. The zero-order chi connectivity index (χ0) is 16.2. The van der Waals surface area contributed by atoms with E-state index >= 15 is 0 Å². The molecule has 0 fully saturated rings. The minimum Gasteiger partial charge on any atom is -0.480 e. The van der Waals surface area contributed by atoms with Crippen LogP contribution in [0.15, 0.2) is 29.2 Å². The van der Waals surface area contributed by atoms with Crippen LogP contribution in [0, 0.1) is 5.92 Å². The summed E-state index contributed by atoms with van der Waals surface area (Å²) >= 11 is 0. The average molecular weight is 314 g/mol. The molecule has 0 unspecified atom stereocenters. The van der Waals surface area contributed by atoms with Gasteiger partial charge in [-0.25, -0.2) is 18.4 Å². The third-order valence-electron chi connectivity index (χ3n) is 2.76. The van der Waals surface area contributed by atoms with Crippen LogP contribution < -0.4 is 10.5 Å². The second-order valence-corrected chi connectivity index (χ2v) is 6.62. The van der Waals surface area contributed by atoms with Crippen LogP contribution in [0.3, 0.4) is 0 Å². The highest BCUT2D eigenvalue weighted by molar-refractivity contribution is 7.89. The van der Waals surface area contributed by atoms with E-state index in [1.807, 2.05) is 13.8 Å². The van der Waals surface area contributed by atoms with E-state index in [-0.39, 0.29) is 16.4 Å². The molecule has 1 aromatic carbocycles. The van der Waals surface area contributed by atoms with Crippen molar-refractivity contribution in [1.29, 1.82) is 0 Å². The van der Waals surface area contributed by atoms with Crippen molar-refractivity contribution in [2.75, 3.05) is 0 Å². The lowest BCUT2D eigenvalue weighted by molar-refractivity contribution is -0.139. The van der Waals surface area contributed by atoms with E-state index in [1.54, 1.807) is 0 Å². The van der Waals surface area contributed by atoms with Crippen molar-refractivity contribution < 1.29 is 23.1 Å². The Morgan fingerprint density at radius 3 is 2.14 bits per heavy atom. The first-order valence-electron chi connectivity index (χ1n) is 6.27. The summed E-state index contributed by atoms with van der Waals surface area (Å²) in [6, 6.07) is 3.97. The lowest BCUT2D eigenvalue weighted by Crippen LogP contribution is -2.41. The first kappa shape index (κ1) is 17.1. The summed E-state index contributed by atoms with van der Waals surface area (Å²) in [5.41, 5.74) is 0.164. The summed E-state index contributed by atoms with van der Waals surface area (Å²) in [7, 11) is -3.82. The van der Waals surface area contributed by atoms with Crippen molar-refractivity contribution in [2.24, 2.45) is 11.1 Å². The monoisotopic (exact) mass is 314 g/mol. The SMILES string of the molecule is CC(C)C[C@@H](NC(=O)c1ccc(S(N)(=O)=O)cc1)C(=O)O. The Kier molecular flexibility index (Phi) is 5.45. The average Bonchev–Trinajstić information content (AvgIpc) is 2.36. The summed E-state index contributed by atoms with van der Waals surface area (Å²) in [5.74, 6) is -1.58.